The van der Waals surface area contributed by atoms with Crippen LogP contribution in [0.5, 0.6) is 0 Å². The standard InChI is InChI=1S/C13H17ClNPS/c1-4-5-11(2)8-12(3)16(14)13-9-15-6-7-17-10-13/h8,10,15H,2,6-7,9H2,1,3H3/b12-8+. The van der Waals surface area contributed by atoms with E-state index in [0.717, 1.165) is 29.7 Å². The molecule has 1 nitrogen and oxygen atoms in total. The lowest BCUT2D eigenvalue weighted by molar-refractivity contribution is 0.805. The zero-order chi connectivity index (χ0) is 12.7. The van der Waals surface area contributed by atoms with Crippen molar-refractivity contribution in [3.8, 4) is 11.8 Å². The minimum Gasteiger partial charge on any atom is -0.312 e. The summed E-state index contributed by atoms with van der Waals surface area (Å²) in [5.41, 5.74) is 0.827. The van der Waals surface area contributed by atoms with Crippen LogP contribution in [0.3, 0.4) is 0 Å². The molecule has 0 saturated heterocycles. The second-order valence-electron chi connectivity index (χ2n) is 3.62. The Bertz CT molecular complexity index is 403. The maximum absolute atomic E-state index is 6.51. The average molecular weight is 286 g/mol. The first-order valence-corrected chi connectivity index (χ1v) is 8.72. The van der Waals surface area contributed by atoms with Crippen molar-refractivity contribution in [1.29, 1.82) is 0 Å². The van der Waals surface area contributed by atoms with Gasteiger partial charge in [-0.15, -0.1) is 17.7 Å². The van der Waals surface area contributed by atoms with Crippen LogP contribution in [0, 0.1) is 11.8 Å². The van der Waals surface area contributed by atoms with Gasteiger partial charge >= 0.3 is 0 Å². The molecule has 0 aromatic rings. The Hall–Kier alpha value is -0.190. The smallest absolute Gasteiger partial charge is 0.0457 e. The molecule has 0 fully saturated rings. The molecule has 1 atom stereocenters. The molecule has 1 aliphatic rings. The normalized spacial score (nSPS) is 18.5. The first kappa shape index (κ1) is 14.9. The lowest BCUT2D eigenvalue weighted by atomic mass is 10.3. The minimum absolute atomic E-state index is 0.738. The van der Waals surface area contributed by atoms with Crippen LogP contribution in [0.15, 0.2) is 34.3 Å². The van der Waals surface area contributed by atoms with Crippen molar-refractivity contribution in [2.45, 2.75) is 13.8 Å². The third kappa shape index (κ3) is 5.32. The van der Waals surface area contributed by atoms with E-state index in [2.05, 4.69) is 36.1 Å². The van der Waals surface area contributed by atoms with E-state index in [-0.39, 0.29) is 0 Å². The lowest BCUT2D eigenvalue weighted by Gasteiger charge is -2.13. The van der Waals surface area contributed by atoms with Gasteiger partial charge in [-0.25, -0.2) is 0 Å². The number of halogens is 1. The van der Waals surface area contributed by atoms with Crippen LogP contribution in [-0.2, 0) is 0 Å². The molecule has 1 rings (SSSR count). The summed E-state index contributed by atoms with van der Waals surface area (Å²) in [6.45, 7) is 9.69. The van der Waals surface area contributed by atoms with Gasteiger partial charge in [0.1, 0.15) is 0 Å². The molecule has 0 radical (unpaired) electrons. The number of hydrogen-bond donors (Lipinski definition) is 1. The highest BCUT2D eigenvalue weighted by molar-refractivity contribution is 8.03. The molecule has 1 aliphatic heterocycles. The average Bonchev–Trinajstić information content (AvgIpc) is 2.56. The van der Waals surface area contributed by atoms with Crippen LogP contribution in [0.1, 0.15) is 13.8 Å². The quantitative estimate of drug-likeness (QED) is 0.472. The van der Waals surface area contributed by atoms with Gasteiger partial charge in [0.2, 0.25) is 0 Å². The Morgan fingerprint density at radius 3 is 3.18 bits per heavy atom. The summed E-state index contributed by atoms with van der Waals surface area (Å²) in [6.07, 6.45) is 1.99. The number of hydrogen-bond acceptors (Lipinski definition) is 2. The molecule has 17 heavy (non-hydrogen) atoms. The maximum atomic E-state index is 6.51. The van der Waals surface area contributed by atoms with Crippen molar-refractivity contribution in [3.05, 3.63) is 34.3 Å². The Kier molecular flexibility index (Phi) is 7.00. The highest BCUT2D eigenvalue weighted by atomic mass is 35.7. The van der Waals surface area contributed by atoms with Gasteiger partial charge in [0, 0.05) is 31.7 Å². The summed E-state index contributed by atoms with van der Waals surface area (Å²) >= 11 is 8.34. The third-order valence-electron chi connectivity index (χ3n) is 2.15. The summed E-state index contributed by atoms with van der Waals surface area (Å²) < 4.78 is 0. The van der Waals surface area contributed by atoms with Crippen molar-refractivity contribution in [2.75, 3.05) is 18.8 Å². The first-order chi connectivity index (χ1) is 8.15. The van der Waals surface area contributed by atoms with Crippen LogP contribution in [0.4, 0.5) is 0 Å². The summed E-state index contributed by atoms with van der Waals surface area (Å²) in [6, 6.07) is 0. The van der Waals surface area contributed by atoms with Gasteiger partial charge in [-0.3, -0.25) is 0 Å². The fraction of sp³-hybridized carbons (Fsp3) is 0.385. The van der Waals surface area contributed by atoms with Crippen LogP contribution in [-0.4, -0.2) is 18.8 Å². The molecule has 0 amide bonds. The lowest BCUT2D eigenvalue weighted by Crippen LogP contribution is -2.17. The van der Waals surface area contributed by atoms with Gasteiger partial charge in [-0.2, -0.15) is 0 Å². The monoisotopic (exact) mass is 285 g/mol. The fourth-order valence-electron chi connectivity index (χ4n) is 1.39. The van der Waals surface area contributed by atoms with E-state index in [9.17, 15) is 0 Å². The second-order valence-corrected chi connectivity index (χ2v) is 7.46. The van der Waals surface area contributed by atoms with Gasteiger partial charge in [0.25, 0.3) is 0 Å². The number of nitrogens with one attached hydrogen (secondary N) is 1. The molecule has 0 aliphatic carbocycles. The largest absolute Gasteiger partial charge is 0.312 e. The molecular formula is C13H17ClNPS. The van der Waals surface area contributed by atoms with Crippen molar-refractivity contribution in [3.63, 3.8) is 0 Å². The molecular weight excluding hydrogens is 269 g/mol. The SMILES string of the molecule is C=C(C#CC)/C=C(\C)P(Cl)C1=CSCCNC1. The molecule has 1 N–H and O–H groups in total. The molecule has 4 heteroatoms. The highest BCUT2D eigenvalue weighted by Crippen LogP contribution is 2.57. The van der Waals surface area contributed by atoms with E-state index >= 15 is 0 Å². The molecule has 1 unspecified atom stereocenters. The van der Waals surface area contributed by atoms with Crippen molar-refractivity contribution in [2.24, 2.45) is 0 Å². The molecule has 0 aromatic heterocycles. The Balaban J connectivity index is 2.73. The van der Waals surface area contributed by atoms with Crippen LogP contribution in [0.25, 0.3) is 0 Å². The Morgan fingerprint density at radius 1 is 1.71 bits per heavy atom. The number of thioether (sulfide) groups is 1. The van der Waals surface area contributed by atoms with E-state index in [1.165, 1.54) is 5.31 Å². The van der Waals surface area contributed by atoms with Gasteiger partial charge in [-0.1, -0.05) is 23.7 Å². The van der Waals surface area contributed by atoms with Crippen LogP contribution in [0.2, 0.25) is 0 Å². The molecule has 0 spiro atoms. The van der Waals surface area contributed by atoms with Crippen molar-refractivity contribution in [1.82, 2.24) is 5.32 Å². The third-order valence-corrected chi connectivity index (χ3v) is 6.21. The summed E-state index contributed by atoms with van der Waals surface area (Å²) in [4.78, 5) is 0. The topological polar surface area (TPSA) is 12.0 Å². The minimum atomic E-state index is -0.738. The van der Waals surface area contributed by atoms with Crippen molar-refractivity contribution < 1.29 is 0 Å². The number of rotatable bonds is 3. The first-order valence-electron chi connectivity index (χ1n) is 5.42. The Morgan fingerprint density at radius 2 is 2.47 bits per heavy atom. The van der Waals surface area contributed by atoms with Crippen LogP contribution >= 0.6 is 30.3 Å². The maximum Gasteiger partial charge on any atom is 0.0457 e. The second kappa shape index (κ2) is 8.01. The van der Waals surface area contributed by atoms with Gasteiger partial charge < -0.3 is 5.32 Å². The Labute approximate surface area is 114 Å². The zero-order valence-corrected chi connectivity index (χ0v) is 12.7. The van der Waals surface area contributed by atoms with E-state index in [1.807, 2.05) is 24.8 Å². The fourth-order valence-corrected chi connectivity index (χ4v) is 4.30. The van der Waals surface area contributed by atoms with Gasteiger partial charge in [0.05, 0.1) is 0 Å². The summed E-state index contributed by atoms with van der Waals surface area (Å²) in [7, 11) is -0.738. The zero-order valence-electron chi connectivity index (χ0n) is 10.2. The highest BCUT2D eigenvalue weighted by Gasteiger charge is 2.14. The van der Waals surface area contributed by atoms with E-state index in [4.69, 9.17) is 11.2 Å². The molecule has 92 valence electrons. The molecule has 0 aromatic carbocycles. The predicted octanol–water partition coefficient (Wildman–Crippen LogP) is 4.28. The van der Waals surface area contributed by atoms with Crippen molar-refractivity contribution >= 4 is 30.3 Å². The predicted molar refractivity (Wildman–Crippen MR) is 82.5 cm³/mol. The summed E-state index contributed by atoms with van der Waals surface area (Å²) in [5.74, 6) is 6.89. The molecule has 0 saturated carbocycles. The molecule has 1 heterocycles. The van der Waals surface area contributed by atoms with E-state index in [1.54, 1.807) is 0 Å². The van der Waals surface area contributed by atoms with E-state index < -0.39 is 7.27 Å². The van der Waals surface area contributed by atoms with Crippen LogP contribution < -0.4 is 5.32 Å². The number of allylic oxidation sites excluding steroid dienone is 3. The molecule has 0 bridgehead atoms. The summed E-state index contributed by atoms with van der Waals surface area (Å²) in [5, 5.41) is 8.02. The van der Waals surface area contributed by atoms with Gasteiger partial charge in [-0.05, 0) is 36.0 Å². The van der Waals surface area contributed by atoms with Gasteiger partial charge in [0.15, 0.2) is 0 Å². The van der Waals surface area contributed by atoms with E-state index in [0.29, 0.717) is 0 Å².